The zero-order valence-corrected chi connectivity index (χ0v) is 12.7. The van der Waals surface area contributed by atoms with Gasteiger partial charge >= 0.3 is 0 Å². The molecule has 0 amide bonds. The Balaban J connectivity index is 1.65. The van der Waals surface area contributed by atoms with Gasteiger partial charge in [0.2, 0.25) is 0 Å². The van der Waals surface area contributed by atoms with Gasteiger partial charge in [0.15, 0.2) is 11.6 Å². The minimum atomic E-state index is -0.252. The van der Waals surface area contributed by atoms with Gasteiger partial charge in [0.05, 0.1) is 13.2 Å². The van der Waals surface area contributed by atoms with E-state index < -0.39 is 0 Å². The third-order valence-electron chi connectivity index (χ3n) is 5.20. The molecular formula is C20H18O3. The van der Waals surface area contributed by atoms with E-state index in [1.807, 2.05) is 60.7 Å². The van der Waals surface area contributed by atoms with Gasteiger partial charge in [-0.2, -0.15) is 0 Å². The second-order valence-corrected chi connectivity index (χ2v) is 6.38. The van der Waals surface area contributed by atoms with Crippen molar-refractivity contribution in [1.82, 2.24) is 0 Å². The van der Waals surface area contributed by atoms with Gasteiger partial charge in [-0.1, -0.05) is 60.7 Å². The summed E-state index contributed by atoms with van der Waals surface area (Å²) >= 11 is 0. The molecule has 3 nitrogen and oxygen atoms in total. The van der Waals surface area contributed by atoms with Crippen molar-refractivity contribution in [3.63, 3.8) is 0 Å². The lowest BCUT2D eigenvalue weighted by Crippen LogP contribution is -2.53. The molecule has 0 spiro atoms. The molecule has 4 atom stereocenters. The summed E-state index contributed by atoms with van der Waals surface area (Å²) in [5.41, 5.74) is 1.38. The molecular weight excluding hydrogens is 288 g/mol. The number of carbonyl (C=O) groups excluding carboxylic acids is 2. The highest BCUT2D eigenvalue weighted by Crippen LogP contribution is 2.52. The summed E-state index contributed by atoms with van der Waals surface area (Å²) in [6.07, 6.45) is 0. The van der Waals surface area contributed by atoms with Crippen LogP contribution in [0.5, 0.6) is 0 Å². The first kappa shape index (κ1) is 14.3. The van der Waals surface area contributed by atoms with E-state index in [2.05, 4.69) is 0 Å². The highest BCUT2D eigenvalue weighted by Gasteiger charge is 2.59. The molecule has 0 aromatic heterocycles. The molecule has 2 fully saturated rings. The van der Waals surface area contributed by atoms with Crippen molar-refractivity contribution in [2.24, 2.45) is 23.7 Å². The topological polar surface area (TPSA) is 43.4 Å². The second kappa shape index (κ2) is 5.74. The number of Topliss-reactive ketones (excluding diaryl/α,β-unsaturated/α-hetero) is 2. The van der Waals surface area contributed by atoms with Crippen LogP contribution < -0.4 is 0 Å². The zero-order valence-electron chi connectivity index (χ0n) is 12.7. The van der Waals surface area contributed by atoms with Crippen molar-refractivity contribution >= 4 is 11.6 Å². The van der Waals surface area contributed by atoms with Crippen LogP contribution >= 0.6 is 0 Å². The van der Waals surface area contributed by atoms with E-state index in [0.717, 1.165) is 0 Å². The molecule has 0 N–H and O–H groups in total. The Labute approximate surface area is 135 Å². The lowest BCUT2D eigenvalue weighted by atomic mass is 9.54. The summed E-state index contributed by atoms with van der Waals surface area (Å²) < 4.78 is 5.56. The Morgan fingerprint density at radius 3 is 1.48 bits per heavy atom. The standard InChI is InChI=1S/C20H18O3/c21-19(13-7-3-1-4-8-13)17-15-11-23-12-16(15)18(17)20(22)14-9-5-2-6-10-14/h1-10,15-18H,11-12H2/t15-,16+,17+,18-. The predicted octanol–water partition coefficient (Wildman–Crippen LogP) is 3.26. The van der Waals surface area contributed by atoms with Crippen molar-refractivity contribution < 1.29 is 14.3 Å². The predicted molar refractivity (Wildman–Crippen MR) is 86.3 cm³/mol. The maximum absolute atomic E-state index is 12.9. The molecule has 4 rings (SSSR count). The number of ether oxygens (including phenoxy) is 1. The molecule has 116 valence electrons. The van der Waals surface area contributed by atoms with Crippen molar-refractivity contribution in [2.75, 3.05) is 13.2 Å². The molecule has 1 heterocycles. The van der Waals surface area contributed by atoms with Crippen molar-refractivity contribution in [3.05, 3.63) is 71.8 Å². The summed E-state index contributed by atoms with van der Waals surface area (Å²) in [5.74, 6) is 0.00853. The second-order valence-electron chi connectivity index (χ2n) is 6.38. The summed E-state index contributed by atoms with van der Waals surface area (Å²) in [7, 11) is 0. The van der Waals surface area contributed by atoms with E-state index in [1.165, 1.54) is 0 Å². The first-order valence-corrected chi connectivity index (χ1v) is 8.03. The smallest absolute Gasteiger partial charge is 0.167 e. The largest absolute Gasteiger partial charge is 0.381 e. The van der Waals surface area contributed by atoms with Gasteiger partial charge in [0.1, 0.15) is 0 Å². The summed E-state index contributed by atoms with van der Waals surface area (Å²) in [4.78, 5) is 25.8. The number of rotatable bonds is 4. The third-order valence-corrected chi connectivity index (χ3v) is 5.20. The van der Waals surface area contributed by atoms with Crippen LogP contribution in [0.3, 0.4) is 0 Å². The fraction of sp³-hybridized carbons (Fsp3) is 0.300. The molecule has 1 aliphatic carbocycles. The molecule has 0 radical (unpaired) electrons. The van der Waals surface area contributed by atoms with Crippen LogP contribution in [-0.4, -0.2) is 24.8 Å². The molecule has 0 bridgehead atoms. The Bertz CT molecular complexity index is 660. The minimum Gasteiger partial charge on any atom is -0.381 e. The highest BCUT2D eigenvalue weighted by molar-refractivity contribution is 6.06. The molecule has 0 unspecified atom stereocenters. The van der Waals surface area contributed by atoms with Crippen LogP contribution in [0, 0.1) is 23.7 Å². The quantitative estimate of drug-likeness (QED) is 0.814. The number of ketones is 2. The van der Waals surface area contributed by atoms with E-state index in [0.29, 0.717) is 24.3 Å². The Hall–Kier alpha value is -2.26. The number of hydrogen-bond donors (Lipinski definition) is 0. The molecule has 1 aliphatic heterocycles. The van der Waals surface area contributed by atoms with E-state index in [1.54, 1.807) is 0 Å². The van der Waals surface area contributed by atoms with E-state index in [-0.39, 0.29) is 35.2 Å². The molecule has 2 aliphatic rings. The summed E-state index contributed by atoms with van der Waals surface area (Å²) in [6, 6.07) is 18.6. The molecule has 2 aromatic carbocycles. The van der Waals surface area contributed by atoms with Gasteiger partial charge < -0.3 is 4.74 Å². The fourth-order valence-corrected chi connectivity index (χ4v) is 4.02. The highest BCUT2D eigenvalue weighted by atomic mass is 16.5. The number of benzene rings is 2. The fourth-order valence-electron chi connectivity index (χ4n) is 4.02. The van der Waals surface area contributed by atoms with Crippen molar-refractivity contribution in [1.29, 1.82) is 0 Å². The van der Waals surface area contributed by atoms with E-state index in [9.17, 15) is 9.59 Å². The van der Waals surface area contributed by atoms with Crippen LogP contribution in [0.25, 0.3) is 0 Å². The molecule has 2 aromatic rings. The average molecular weight is 306 g/mol. The maximum atomic E-state index is 12.9. The maximum Gasteiger partial charge on any atom is 0.167 e. The SMILES string of the molecule is O=C(c1ccccc1)[C@@H]1[C@H]2COC[C@H]2[C@@H]1C(=O)c1ccccc1. The first-order valence-electron chi connectivity index (χ1n) is 8.03. The summed E-state index contributed by atoms with van der Waals surface area (Å²) in [6.45, 7) is 1.18. The number of fused-ring (bicyclic) bond motifs is 1. The van der Waals surface area contributed by atoms with Crippen LogP contribution in [0.4, 0.5) is 0 Å². The lowest BCUT2D eigenvalue weighted by molar-refractivity contribution is 0.0202. The van der Waals surface area contributed by atoms with Crippen molar-refractivity contribution in [3.8, 4) is 0 Å². The third kappa shape index (κ3) is 2.32. The number of carbonyl (C=O) groups is 2. The van der Waals surface area contributed by atoms with E-state index >= 15 is 0 Å². The number of hydrogen-bond acceptors (Lipinski definition) is 3. The van der Waals surface area contributed by atoms with Gasteiger partial charge in [-0.25, -0.2) is 0 Å². The Kier molecular flexibility index (Phi) is 3.58. The van der Waals surface area contributed by atoms with Crippen LogP contribution in [0.1, 0.15) is 20.7 Å². The van der Waals surface area contributed by atoms with Gasteiger partial charge in [-0.3, -0.25) is 9.59 Å². The van der Waals surface area contributed by atoms with Crippen LogP contribution in [0.2, 0.25) is 0 Å². The van der Waals surface area contributed by atoms with Gasteiger partial charge in [-0.05, 0) is 11.8 Å². The monoisotopic (exact) mass is 306 g/mol. The first-order chi connectivity index (χ1) is 11.3. The Morgan fingerprint density at radius 2 is 1.09 bits per heavy atom. The minimum absolute atomic E-state index is 0.0756. The molecule has 1 saturated heterocycles. The van der Waals surface area contributed by atoms with Gasteiger partial charge in [0.25, 0.3) is 0 Å². The van der Waals surface area contributed by atoms with Crippen molar-refractivity contribution in [2.45, 2.75) is 0 Å². The Morgan fingerprint density at radius 1 is 0.696 bits per heavy atom. The van der Waals surface area contributed by atoms with Gasteiger partial charge in [-0.15, -0.1) is 0 Å². The summed E-state index contributed by atoms with van der Waals surface area (Å²) in [5, 5.41) is 0. The average Bonchev–Trinajstić information content (AvgIpc) is 3.00. The van der Waals surface area contributed by atoms with Gasteiger partial charge in [0, 0.05) is 23.0 Å². The van der Waals surface area contributed by atoms with Crippen LogP contribution in [-0.2, 0) is 4.74 Å². The molecule has 23 heavy (non-hydrogen) atoms. The molecule has 3 heteroatoms. The van der Waals surface area contributed by atoms with E-state index in [4.69, 9.17) is 4.74 Å². The zero-order chi connectivity index (χ0) is 15.8. The molecule has 1 saturated carbocycles. The lowest BCUT2D eigenvalue weighted by Gasteiger charge is -2.45. The normalized spacial score (nSPS) is 28.7. The van der Waals surface area contributed by atoms with Crippen LogP contribution in [0.15, 0.2) is 60.7 Å².